The lowest BCUT2D eigenvalue weighted by molar-refractivity contribution is -0.387. The Bertz CT molecular complexity index is 836. The quantitative estimate of drug-likeness (QED) is 0.666. The maximum Gasteiger partial charge on any atom is 0.305 e. The predicted octanol–water partition coefficient (Wildman–Crippen LogP) is 2.43. The normalized spacial score (nSPS) is 10.1. The highest BCUT2D eigenvalue weighted by Gasteiger charge is 2.18. The minimum absolute atomic E-state index is 0.149. The van der Waals surface area contributed by atoms with Gasteiger partial charge in [0.2, 0.25) is 5.82 Å². The summed E-state index contributed by atoms with van der Waals surface area (Å²) in [6, 6.07) is 7.90. The summed E-state index contributed by atoms with van der Waals surface area (Å²) in [7, 11) is 0. The van der Waals surface area contributed by atoms with Crippen molar-refractivity contribution in [1.29, 1.82) is 0 Å². The van der Waals surface area contributed by atoms with Gasteiger partial charge in [0.1, 0.15) is 0 Å². The first-order chi connectivity index (χ1) is 11.3. The van der Waals surface area contributed by atoms with Gasteiger partial charge in [0.25, 0.3) is 11.8 Å². The summed E-state index contributed by atoms with van der Waals surface area (Å²) in [5, 5.41) is 10.7. The third kappa shape index (κ3) is 3.72. The smallest absolute Gasteiger partial charge is 0.267 e. The van der Waals surface area contributed by atoms with Gasteiger partial charge in [0.15, 0.2) is 0 Å². The van der Waals surface area contributed by atoms with Crippen LogP contribution in [0.1, 0.15) is 31.8 Å². The molecule has 0 unspecified atom stereocenters. The third-order valence-electron chi connectivity index (χ3n) is 3.32. The molecule has 2 rings (SSSR count). The topological polar surface area (TPSA) is 101 Å². The van der Waals surface area contributed by atoms with Crippen LogP contribution >= 0.6 is 0 Å². The molecule has 8 heteroatoms. The number of rotatable bonds is 3. The Morgan fingerprint density at radius 2 is 1.71 bits per heavy atom. The summed E-state index contributed by atoms with van der Waals surface area (Å²) in [5.41, 5.74) is 5.50. The van der Waals surface area contributed by atoms with Crippen LogP contribution < -0.4 is 10.9 Å². The molecule has 0 bridgehead atoms. The number of nitrogens with zero attached hydrogens (tertiary/aromatic N) is 1. The van der Waals surface area contributed by atoms with E-state index in [-0.39, 0.29) is 5.56 Å². The number of hydrogen-bond donors (Lipinski definition) is 2. The number of carbonyl (C=O) groups excluding carboxylic acids is 2. The number of nitrogens with one attached hydrogen (secondary N) is 2. The molecule has 2 N–H and O–H groups in total. The first kappa shape index (κ1) is 17.1. The van der Waals surface area contributed by atoms with Gasteiger partial charge in [0.05, 0.1) is 4.92 Å². The van der Waals surface area contributed by atoms with E-state index >= 15 is 0 Å². The van der Waals surface area contributed by atoms with Crippen molar-refractivity contribution in [3.05, 3.63) is 74.6 Å². The van der Waals surface area contributed by atoms with E-state index in [0.717, 1.165) is 29.3 Å². The van der Waals surface area contributed by atoms with E-state index in [1.54, 1.807) is 19.1 Å². The van der Waals surface area contributed by atoms with Crippen LogP contribution in [0.5, 0.6) is 0 Å². The van der Waals surface area contributed by atoms with Crippen LogP contribution in [0.3, 0.4) is 0 Å². The Labute approximate surface area is 136 Å². The molecule has 0 heterocycles. The molecule has 0 atom stereocenters. The monoisotopic (exact) mass is 331 g/mol. The second-order valence-electron chi connectivity index (χ2n) is 5.15. The number of amides is 2. The summed E-state index contributed by atoms with van der Waals surface area (Å²) >= 11 is 0. The summed E-state index contributed by atoms with van der Waals surface area (Å²) in [6.45, 7) is 3.64. The molecule has 2 aromatic carbocycles. The lowest BCUT2D eigenvalue weighted by Gasteiger charge is -2.10. The number of nitro benzene ring substituents is 1. The van der Waals surface area contributed by atoms with Crippen LogP contribution in [0.15, 0.2) is 36.4 Å². The maximum atomic E-state index is 13.3. The molecule has 7 nitrogen and oxygen atoms in total. The Morgan fingerprint density at radius 3 is 2.33 bits per heavy atom. The Balaban J connectivity index is 2.09. The van der Waals surface area contributed by atoms with Crippen LogP contribution in [0.2, 0.25) is 0 Å². The molecule has 0 saturated heterocycles. The van der Waals surface area contributed by atoms with Crippen LogP contribution in [0.25, 0.3) is 0 Å². The van der Waals surface area contributed by atoms with Gasteiger partial charge in [0, 0.05) is 17.2 Å². The van der Waals surface area contributed by atoms with E-state index in [9.17, 15) is 24.1 Å². The zero-order chi connectivity index (χ0) is 17.9. The van der Waals surface area contributed by atoms with Crippen molar-refractivity contribution >= 4 is 17.5 Å². The number of nitro groups is 1. The van der Waals surface area contributed by atoms with Gasteiger partial charge in [-0.05, 0) is 37.6 Å². The highest BCUT2D eigenvalue weighted by Crippen LogP contribution is 2.18. The van der Waals surface area contributed by atoms with E-state index in [2.05, 4.69) is 10.9 Å². The minimum atomic E-state index is -1.05. The van der Waals surface area contributed by atoms with Gasteiger partial charge in [-0.2, -0.15) is 4.39 Å². The molecule has 0 spiro atoms. The third-order valence-corrected chi connectivity index (χ3v) is 3.32. The zero-order valence-electron chi connectivity index (χ0n) is 12.9. The first-order valence-corrected chi connectivity index (χ1v) is 6.91. The van der Waals surface area contributed by atoms with Crippen molar-refractivity contribution in [2.75, 3.05) is 0 Å². The zero-order valence-corrected chi connectivity index (χ0v) is 12.9. The summed E-state index contributed by atoms with van der Waals surface area (Å²) < 4.78 is 13.3. The molecular weight excluding hydrogens is 317 g/mol. The molecule has 0 saturated carbocycles. The summed E-state index contributed by atoms with van der Waals surface area (Å²) in [6.07, 6.45) is 0. The van der Waals surface area contributed by atoms with Gasteiger partial charge in [-0.3, -0.25) is 30.6 Å². The molecule has 2 amide bonds. The molecule has 0 radical (unpaired) electrons. The fourth-order valence-electron chi connectivity index (χ4n) is 2.12. The van der Waals surface area contributed by atoms with Gasteiger partial charge in [-0.1, -0.05) is 17.7 Å². The second kappa shape index (κ2) is 6.86. The van der Waals surface area contributed by atoms with E-state index in [0.29, 0.717) is 5.56 Å². The summed E-state index contributed by atoms with van der Waals surface area (Å²) in [4.78, 5) is 33.7. The van der Waals surface area contributed by atoms with Gasteiger partial charge in [-0.25, -0.2) is 0 Å². The molecule has 124 valence electrons. The molecule has 0 fully saturated rings. The van der Waals surface area contributed by atoms with Crippen LogP contribution in [0.4, 0.5) is 10.1 Å². The number of aryl methyl sites for hydroxylation is 2. The number of hydrogen-bond acceptors (Lipinski definition) is 4. The van der Waals surface area contributed by atoms with Crippen LogP contribution in [0, 0.1) is 29.8 Å². The van der Waals surface area contributed by atoms with Crippen molar-refractivity contribution in [1.82, 2.24) is 10.9 Å². The number of halogens is 1. The van der Waals surface area contributed by atoms with Crippen LogP contribution in [-0.4, -0.2) is 16.7 Å². The molecule has 0 aliphatic carbocycles. The molecule has 0 aliphatic rings. The standard InChI is InChI=1S/C16H14FN3O4/c1-9-3-5-12(10(2)7-9)16(22)19-18-15(21)11-4-6-13(17)14(8-11)20(23)24/h3-8H,1-2H3,(H,18,21)(H,19,22). The Hall–Kier alpha value is -3.29. The van der Waals surface area contributed by atoms with Crippen molar-refractivity contribution in [3.8, 4) is 0 Å². The second-order valence-corrected chi connectivity index (χ2v) is 5.15. The number of benzene rings is 2. The number of hydrazine groups is 1. The molecular formula is C16H14FN3O4. The Kier molecular flexibility index (Phi) is 4.88. The van der Waals surface area contributed by atoms with Crippen molar-refractivity contribution in [2.45, 2.75) is 13.8 Å². The lowest BCUT2D eigenvalue weighted by atomic mass is 10.1. The van der Waals surface area contributed by atoms with E-state index < -0.39 is 28.2 Å². The van der Waals surface area contributed by atoms with Crippen molar-refractivity contribution < 1.29 is 18.9 Å². The fraction of sp³-hybridized carbons (Fsp3) is 0.125. The van der Waals surface area contributed by atoms with Crippen molar-refractivity contribution in [3.63, 3.8) is 0 Å². The first-order valence-electron chi connectivity index (χ1n) is 6.91. The van der Waals surface area contributed by atoms with E-state index in [1.165, 1.54) is 0 Å². The maximum absolute atomic E-state index is 13.3. The van der Waals surface area contributed by atoms with E-state index in [4.69, 9.17) is 0 Å². The van der Waals surface area contributed by atoms with Gasteiger partial charge < -0.3 is 0 Å². The molecule has 2 aromatic rings. The largest absolute Gasteiger partial charge is 0.305 e. The SMILES string of the molecule is Cc1ccc(C(=O)NNC(=O)c2ccc(F)c([N+](=O)[O-])c2)c(C)c1. The Morgan fingerprint density at radius 1 is 1.04 bits per heavy atom. The number of carbonyl (C=O) groups is 2. The van der Waals surface area contributed by atoms with E-state index in [1.807, 2.05) is 13.0 Å². The van der Waals surface area contributed by atoms with Gasteiger partial charge >= 0.3 is 5.69 Å². The predicted molar refractivity (Wildman–Crippen MR) is 83.9 cm³/mol. The highest BCUT2D eigenvalue weighted by atomic mass is 19.1. The highest BCUT2D eigenvalue weighted by molar-refractivity contribution is 6.00. The van der Waals surface area contributed by atoms with Crippen LogP contribution in [-0.2, 0) is 0 Å². The summed E-state index contributed by atoms with van der Waals surface area (Å²) in [5.74, 6) is -2.37. The van der Waals surface area contributed by atoms with Gasteiger partial charge in [-0.15, -0.1) is 0 Å². The van der Waals surface area contributed by atoms with Crippen molar-refractivity contribution in [2.24, 2.45) is 0 Å². The fourth-order valence-corrected chi connectivity index (χ4v) is 2.12. The molecule has 0 aromatic heterocycles. The minimum Gasteiger partial charge on any atom is -0.267 e. The lowest BCUT2D eigenvalue weighted by Crippen LogP contribution is -2.41. The molecule has 0 aliphatic heterocycles. The molecule has 24 heavy (non-hydrogen) atoms. The average molecular weight is 331 g/mol. The average Bonchev–Trinajstić information content (AvgIpc) is 2.52.